The number of hydrogen-bond donors (Lipinski definition) is 4. The Hall–Kier alpha value is -1.79. The van der Waals surface area contributed by atoms with Gasteiger partial charge >= 0.3 is 0 Å². The molecule has 0 heterocycles. The predicted octanol–water partition coefficient (Wildman–Crippen LogP) is -1.05. The van der Waals surface area contributed by atoms with E-state index in [0.717, 1.165) is 0 Å². The molecule has 5 nitrogen and oxygen atoms in total. The Bertz CT molecular complexity index is 337. The molecule has 6 heteroatoms. The lowest BCUT2D eigenvalue weighted by molar-refractivity contribution is -0.114. The molecule has 0 rings (SSSR count). The molecular weight excluding hydrogens is 212 g/mol. The molecule has 0 atom stereocenters. The van der Waals surface area contributed by atoms with E-state index in [9.17, 15) is 4.79 Å². The van der Waals surface area contributed by atoms with Crippen molar-refractivity contribution < 1.29 is 4.79 Å². The second kappa shape index (κ2) is 7.60. The van der Waals surface area contributed by atoms with E-state index in [4.69, 9.17) is 17.4 Å². The number of primary amides is 1. The molecule has 0 aliphatic heterocycles. The number of amides is 1. The van der Waals surface area contributed by atoms with Gasteiger partial charge in [0.15, 0.2) is 5.57 Å². The van der Waals surface area contributed by atoms with Gasteiger partial charge in [0.2, 0.25) is 0 Å². The van der Waals surface area contributed by atoms with Crippen molar-refractivity contribution in [2.45, 2.75) is 0 Å². The van der Waals surface area contributed by atoms with Gasteiger partial charge in [-0.15, -0.1) is 6.42 Å². The van der Waals surface area contributed by atoms with Gasteiger partial charge in [-0.1, -0.05) is 5.92 Å². The molecule has 0 aliphatic carbocycles. The van der Waals surface area contributed by atoms with Gasteiger partial charge in [-0.05, 0) is 0 Å². The average molecular weight is 224 g/mol. The molecule has 0 saturated heterocycles. The van der Waals surface area contributed by atoms with Gasteiger partial charge in [0.1, 0.15) is 11.9 Å². The maximum absolute atomic E-state index is 10.9. The highest BCUT2D eigenvalue weighted by molar-refractivity contribution is 7.80. The molecule has 0 unspecified atom stereocenters. The standard InChI is InChI=1S/C9H12N4OS/c1-2-3-12-9(13-4-5-15)7(6-10)8(11)14/h1,12-13,15H,3-5H2,(H2,11,14). The maximum Gasteiger partial charge on any atom is 0.263 e. The zero-order chi connectivity index (χ0) is 11.7. The minimum Gasteiger partial charge on any atom is -0.370 e. The summed E-state index contributed by atoms with van der Waals surface area (Å²) in [6.45, 7) is 0.696. The van der Waals surface area contributed by atoms with Gasteiger partial charge in [0.05, 0.1) is 6.54 Å². The van der Waals surface area contributed by atoms with Crippen LogP contribution in [-0.2, 0) is 4.79 Å². The zero-order valence-electron chi connectivity index (χ0n) is 8.08. The fourth-order valence-corrected chi connectivity index (χ4v) is 0.906. The van der Waals surface area contributed by atoms with Gasteiger partial charge in [-0.3, -0.25) is 4.79 Å². The lowest BCUT2D eigenvalue weighted by atomic mass is 10.2. The lowest BCUT2D eigenvalue weighted by Crippen LogP contribution is -2.32. The molecule has 4 N–H and O–H groups in total. The van der Waals surface area contributed by atoms with E-state index in [1.54, 1.807) is 6.07 Å². The van der Waals surface area contributed by atoms with Crippen molar-refractivity contribution in [3.63, 3.8) is 0 Å². The lowest BCUT2D eigenvalue weighted by Gasteiger charge is -2.11. The summed E-state index contributed by atoms with van der Waals surface area (Å²) in [6, 6.07) is 1.71. The number of carbonyl (C=O) groups is 1. The van der Waals surface area contributed by atoms with Gasteiger partial charge in [0, 0.05) is 12.3 Å². The van der Waals surface area contributed by atoms with E-state index in [1.165, 1.54) is 0 Å². The summed E-state index contributed by atoms with van der Waals surface area (Å²) in [4.78, 5) is 10.9. The maximum atomic E-state index is 10.9. The van der Waals surface area contributed by atoms with E-state index < -0.39 is 5.91 Å². The SMILES string of the molecule is C#CCNC(NCCS)=C(C#N)C(N)=O. The number of hydrogen-bond acceptors (Lipinski definition) is 5. The number of nitrogens with zero attached hydrogens (tertiary/aromatic N) is 1. The van der Waals surface area contributed by atoms with E-state index in [1.807, 2.05) is 0 Å². The molecule has 80 valence electrons. The van der Waals surface area contributed by atoms with Gasteiger partial charge in [0.25, 0.3) is 5.91 Å². The van der Waals surface area contributed by atoms with Crippen LogP contribution in [0.25, 0.3) is 0 Å². The summed E-state index contributed by atoms with van der Waals surface area (Å²) in [7, 11) is 0. The summed E-state index contributed by atoms with van der Waals surface area (Å²) in [5, 5.41) is 14.2. The molecule has 0 aromatic heterocycles. The molecule has 0 fully saturated rings. The molecule has 0 bridgehead atoms. The Balaban J connectivity index is 4.79. The largest absolute Gasteiger partial charge is 0.370 e. The number of nitrogens with one attached hydrogen (secondary N) is 2. The quantitative estimate of drug-likeness (QED) is 0.200. The van der Waals surface area contributed by atoms with Gasteiger partial charge in [-0.25, -0.2) is 0 Å². The fraction of sp³-hybridized carbons (Fsp3) is 0.333. The number of thiol groups is 1. The third-order valence-corrected chi connectivity index (χ3v) is 1.61. The molecule has 0 aromatic rings. The second-order valence-corrected chi connectivity index (χ2v) is 2.88. The van der Waals surface area contributed by atoms with Gasteiger partial charge < -0.3 is 16.4 Å². The van der Waals surface area contributed by atoms with Crippen LogP contribution in [0.3, 0.4) is 0 Å². The molecule has 0 saturated carbocycles. The van der Waals surface area contributed by atoms with Crippen LogP contribution >= 0.6 is 12.6 Å². The van der Waals surface area contributed by atoms with Crippen LogP contribution < -0.4 is 16.4 Å². The molecular formula is C9H12N4OS. The zero-order valence-corrected chi connectivity index (χ0v) is 8.97. The first-order chi connectivity index (χ1) is 7.17. The number of rotatable bonds is 6. The predicted molar refractivity (Wildman–Crippen MR) is 60.5 cm³/mol. The van der Waals surface area contributed by atoms with Crippen LogP contribution in [0, 0.1) is 23.7 Å². The molecule has 0 aromatic carbocycles. The minimum atomic E-state index is -0.802. The smallest absolute Gasteiger partial charge is 0.263 e. The molecule has 1 amide bonds. The van der Waals surface area contributed by atoms with Crippen LogP contribution in [0.15, 0.2) is 11.4 Å². The van der Waals surface area contributed by atoms with Crippen LogP contribution in [0.4, 0.5) is 0 Å². The van der Waals surface area contributed by atoms with Crippen molar-refractivity contribution in [3.05, 3.63) is 11.4 Å². The molecule has 0 radical (unpaired) electrons. The van der Waals surface area contributed by atoms with Gasteiger partial charge in [-0.2, -0.15) is 17.9 Å². The van der Waals surface area contributed by atoms with Crippen LogP contribution in [0.5, 0.6) is 0 Å². The van der Waals surface area contributed by atoms with Crippen molar-refractivity contribution in [2.24, 2.45) is 5.73 Å². The topological polar surface area (TPSA) is 90.9 Å². The van der Waals surface area contributed by atoms with E-state index in [-0.39, 0.29) is 17.9 Å². The Morgan fingerprint density at radius 1 is 1.53 bits per heavy atom. The second-order valence-electron chi connectivity index (χ2n) is 2.43. The highest BCUT2D eigenvalue weighted by atomic mass is 32.1. The fourth-order valence-electron chi connectivity index (χ4n) is 0.794. The van der Waals surface area contributed by atoms with Crippen LogP contribution in [0.1, 0.15) is 0 Å². The summed E-state index contributed by atoms with van der Waals surface area (Å²) in [6.07, 6.45) is 5.05. The van der Waals surface area contributed by atoms with Crippen molar-refractivity contribution in [1.29, 1.82) is 5.26 Å². The first-order valence-electron chi connectivity index (χ1n) is 4.13. The summed E-state index contributed by atoms with van der Waals surface area (Å²) < 4.78 is 0. The average Bonchev–Trinajstić information content (AvgIpc) is 2.21. The Labute approximate surface area is 94.1 Å². The first kappa shape index (κ1) is 13.2. The van der Waals surface area contributed by atoms with Crippen LogP contribution in [-0.4, -0.2) is 24.7 Å². The van der Waals surface area contributed by atoms with Crippen molar-refractivity contribution in [2.75, 3.05) is 18.8 Å². The van der Waals surface area contributed by atoms with Crippen molar-refractivity contribution >= 4 is 18.5 Å². The van der Waals surface area contributed by atoms with Crippen molar-refractivity contribution in [1.82, 2.24) is 10.6 Å². The van der Waals surface area contributed by atoms with Crippen molar-refractivity contribution in [3.8, 4) is 18.4 Å². The molecule has 0 aliphatic rings. The number of carbonyl (C=O) groups excluding carboxylic acids is 1. The van der Waals surface area contributed by atoms with E-state index in [2.05, 4.69) is 29.2 Å². The number of nitriles is 1. The Morgan fingerprint density at radius 2 is 2.20 bits per heavy atom. The summed E-state index contributed by atoms with van der Waals surface area (Å²) in [5.74, 6) is 2.33. The Kier molecular flexibility index (Phi) is 6.69. The highest BCUT2D eigenvalue weighted by Gasteiger charge is 2.11. The van der Waals surface area contributed by atoms with E-state index in [0.29, 0.717) is 12.3 Å². The monoisotopic (exact) mass is 224 g/mol. The summed E-state index contributed by atoms with van der Waals surface area (Å²) in [5.41, 5.74) is 4.85. The Morgan fingerprint density at radius 3 is 2.60 bits per heavy atom. The first-order valence-corrected chi connectivity index (χ1v) is 4.76. The summed E-state index contributed by atoms with van der Waals surface area (Å²) >= 11 is 3.98. The number of terminal acetylenes is 1. The highest BCUT2D eigenvalue weighted by Crippen LogP contribution is 1.96. The number of nitrogens with two attached hydrogens (primary N) is 1. The normalized spacial score (nSPS) is 10.6. The third kappa shape index (κ3) is 4.84. The molecule has 15 heavy (non-hydrogen) atoms. The minimum absolute atomic E-state index is 0.174. The third-order valence-electron chi connectivity index (χ3n) is 1.39. The molecule has 0 spiro atoms. The van der Waals surface area contributed by atoms with Crippen LogP contribution in [0.2, 0.25) is 0 Å². The van der Waals surface area contributed by atoms with E-state index >= 15 is 0 Å².